The number of hydrogen-bond acceptors (Lipinski definition) is 3. The summed E-state index contributed by atoms with van der Waals surface area (Å²) in [7, 11) is 1.67. The zero-order valence-electron chi connectivity index (χ0n) is 11.2. The first kappa shape index (κ1) is 14.1. The minimum Gasteiger partial charge on any atom is -0.496 e. The van der Waals surface area contributed by atoms with Crippen molar-refractivity contribution in [2.24, 2.45) is 0 Å². The monoisotopic (exact) mass is 324 g/mol. The molecule has 0 aliphatic heterocycles. The highest BCUT2D eigenvalue weighted by Gasteiger charge is 2.14. The van der Waals surface area contributed by atoms with Gasteiger partial charge >= 0.3 is 0 Å². The number of rotatable bonds is 4. The van der Waals surface area contributed by atoms with Crippen molar-refractivity contribution in [3.8, 4) is 17.0 Å². The molecule has 0 fully saturated rings. The van der Waals surface area contributed by atoms with E-state index in [-0.39, 0.29) is 6.61 Å². The van der Waals surface area contributed by atoms with Gasteiger partial charge in [0.05, 0.1) is 13.7 Å². The summed E-state index contributed by atoms with van der Waals surface area (Å²) in [6.07, 6.45) is 0.521. The fourth-order valence-corrected chi connectivity index (χ4v) is 2.61. The number of aromatic amines is 1. The summed E-state index contributed by atoms with van der Waals surface area (Å²) in [6.45, 7) is 4.17. The van der Waals surface area contributed by atoms with Crippen LogP contribution in [0.15, 0.2) is 16.7 Å². The Morgan fingerprint density at radius 3 is 2.68 bits per heavy atom. The maximum absolute atomic E-state index is 8.97. The van der Waals surface area contributed by atoms with E-state index in [2.05, 4.69) is 32.8 Å². The Balaban J connectivity index is 2.50. The SMILES string of the molecule is COc1ccc(-c2nc(CCO)[nH]c2Br)c(C)c1C. The van der Waals surface area contributed by atoms with Gasteiger partial charge in [-0.2, -0.15) is 0 Å². The minimum atomic E-state index is 0.0833. The lowest BCUT2D eigenvalue weighted by Crippen LogP contribution is -1.94. The number of hydrogen-bond donors (Lipinski definition) is 2. The molecule has 19 heavy (non-hydrogen) atoms. The third kappa shape index (κ3) is 2.67. The standard InChI is InChI=1S/C14H17BrN2O2/c1-8-9(2)11(19-3)5-4-10(8)13-14(15)17-12(16-13)6-7-18/h4-5,18H,6-7H2,1-3H3,(H,16,17). The number of aromatic nitrogens is 2. The zero-order chi connectivity index (χ0) is 14.0. The lowest BCUT2D eigenvalue weighted by molar-refractivity contribution is 0.297. The van der Waals surface area contributed by atoms with Crippen LogP contribution in [-0.2, 0) is 6.42 Å². The van der Waals surface area contributed by atoms with Crippen LogP contribution in [0.5, 0.6) is 5.75 Å². The second-order valence-electron chi connectivity index (χ2n) is 4.39. The number of aliphatic hydroxyl groups is 1. The van der Waals surface area contributed by atoms with Crippen molar-refractivity contribution >= 4 is 15.9 Å². The number of methoxy groups -OCH3 is 1. The zero-order valence-corrected chi connectivity index (χ0v) is 12.8. The summed E-state index contributed by atoms with van der Waals surface area (Å²) in [5.74, 6) is 1.65. The molecule has 5 heteroatoms. The van der Waals surface area contributed by atoms with Crippen LogP contribution in [0.3, 0.4) is 0 Å². The molecule has 4 nitrogen and oxygen atoms in total. The van der Waals surface area contributed by atoms with E-state index < -0.39 is 0 Å². The molecular weight excluding hydrogens is 308 g/mol. The molecule has 0 saturated heterocycles. The van der Waals surface area contributed by atoms with Crippen LogP contribution < -0.4 is 4.74 Å². The molecule has 1 aromatic heterocycles. The molecule has 0 spiro atoms. The van der Waals surface area contributed by atoms with Crippen molar-refractivity contribution in [2.75, 3.05) is 13.7 Å². The molecule has 0 radical (unpaired) electrons. The number of imidazole rings is 1. The largest absolute Gasteiger partial charge is 0.496 e. The molecule has 102 valence electrons. The van der Waals surface area contributed by atoms with Crippen molar-refractivity contribution in [2.45, 2.75) is 20.3 Å². The van der Waals surface area contributed by atoms with Gasteiger partial charge in [0.15, 0.2) is 0 Å². The number of benzene rings is 1. The van der Waals surface area contributed by atoms with Gasteiger partial charge in [-0.25, -0.2) is 4.98 Å². The average Bonchev–Trinajstić information content (AvgIpc) is 2.74. The maximum atomic E-state index is 8.97. The van der Waals surface area contributed by atoms with Crippen LogP contribution in [0.2, 0.25) is 0 Å². The van der Waals surface area contributed by atoms with Crippen LogP contribution >= 0.6 is 15.9 Å². The number of ether oxygens (including phenoxy) is 1. The van der Waals surface area contributed by atoms with E-state index in [1.165, 1.54) is 0 Å². The van der Waals surface area contributed by atoms with E-state index in [9.17, 15) is 0 Å². The third-order valence-corrected chi connectivity index (χ3v) is 3.84. The summed E-state index contributed by atoms with van der Waals surface area (Å²) < 4.78 is 6.15. The van der Waals surface area contributed by atoms with E-state index in [4.69, 9.17) is 9.84 Å². The Morgan fingerprint density at radius 2 is 2.05 bits per heavy atom. The van der Waals surface area contributed by atoms with E-state index >= 15 is 0 Å². The molecule has 1 heterocycles. The van der Waals surface area contributed by atoms with Gasteiger partial charge in [0.1, 0.15) is 21.9 Å². The smallest absolute Gasteiger partial charge is 0.122 e. The Hall–Kier alpha value is -1.33. The molecule has 1 aromatic carbocycles. The lowest BCUT2D eigenvalue weighted by atomic mass is 10.0. The van der Waals surface area contributed by atoms with Crippen LogP contribution in [-0.4, -0.2) is 28.8 Å². The quantitative estimate of drug-likeness (QED) is 0.908. The molecule has 0 aliphatic rings. The summed E-state index contributed by atoms with van der Waals surface area (Å²) in [5.41, 5.74) is 4.18. The minimum absolute atomic E-state index is 0.0833. The summed E-state index contributed by atoms with van der Waals surface area (Å²) in [4.78, 5) is 7.66. The van der Waals surface area contributed by atoms with Gasteiger partial charge in [-0.3, -0.25) is 0 Å². The highest BCUT2D eigenvalue weighted by Crippen LogP contribution is 2.33. The van der Waals surface area contributed by atoms with Crippen molar-refractivity contribution in [1.82, 2.24) is 9.97 Å². The van der Waals surface area contributed by atoms with Gasteiger partial charge in [-0.15, -0.1) is 0 Å². The molecule has 0 atom stereocenters. The number of nitrogens with zero attached hydrogens (tertiary/aromatic N) is 1. The average molecular weight is 325 g/mol. The molecule has 2 rings (SSSR count). The van der Waals surface area contributed by atoms with E-state index in [1.807, 2.05) is 19.1 Å². The number of aliphatic hydroxyl groups excluding tert-OH is 1. The predicted octanol–water partition coefficient (Wildman–Crippen LogP) is 3.00. The number of H-pyrrole nitrogens is 1. The first-order valence-corrected chi connectivity index (χ1v) is 6.87. The third-order valence-electron chi connectivity index (χ3n) is 3.27. The van der Waals surface area contributed by atoms with Crippen LogP contribution in [0.4, 0.5) is 0 Å². The second-order valence-corrected chi connectivity index (χ2v) is 5.18. The fourth-order valence-electron chi connectivity index (χ4n) is 2.07. The first-order chi connectivity index (χ1) is 9.08. The molecule has 0 amide bonds. The summed E-state index contributed by atoms with van der Waals surface area (Å²) in [5, 5.41) is 8.97. The van der Waals surface area contributed by atoms with Gasteiger partial charge in [0, 0.05) is 12.0 Å². The number of nitrogens with one attached hydrogen (secondary N) is 1. The van der Waals surface area contributed by atoms with E-state index in [0.717, 1.165) is 38.6 Å². The molecule has 0 unspecified atom stereocenters. The Kier molecular flexibility index (Phi) is 4.27. The van der Waals surface area contributed by atoms with Crippen LogP contribution in [0, 0.1) is 13.8 Å². The first-order valence-electron chi connectivity index (χ1n) is 6.08. The number of halogens is 1. The fraction of sp³-hybridized carbons (Fsp3) is 0.357. The molecule has 2 aromatic rings. The van der Waals surface area contributed by atoms with Gasteiger partial charge in [-0.05, 0) is 53.0 Å². The van der Waals surface area contributed by atoms with Crippen molar-refractivity contribution in [3.05, 3.63) is 33.7 Å². The molecular formula is C14H17BrN2O2. The van der Waals surface area contributed by atoms with Crippen LogP contribution in [0.25, 0.3) is 11.3 Å². The molecule has 2 N–H and O–H groups in total. The van der Waals surface area contributed by atoms with E-state index in [0.29, 0.717) is 6.42 Å². The summed E-state index contributed by atoms with van der Waals surface area (Å²) >= 11 is 3.49. The van der Waals surface area contributed by atoms with Gasteiger partial charge < -0.3 is 14.8 Å². The van der Waals surface area contributed by atoms with Gasteiger partial charge in [-0.1, -0.05) is 0 Å². The lowest BCUT2D eigenvalue weighted by Gasteiger charge is -2.11. The molecule has 0 saturated carbocycles. The highest BCUT2D eigenvalue weighted by atomic mass is 79.9. The summed E-state index contributed by atoms with van der Waals surface area (Å²) in [6, 6.07) is 3.95. The topological polar surface area (TPSA) is 58.1 Å². The van der Waals surface area contributed by atoms with Crippen molar-refractivity contribution in [1.29, 1.82) is 0 Å². The maximum Gasteiger partial charge on any atom is 0.122 e. The van der Waals surface area contributed by atoms with Crippen molar-refractivity contribution in [3.63, 3.8) is 0 Å². The van der Waals surface area contributed by atoms with Crippen molar-refractivity contribution < 1.29 is 9.84 Å². The van der Waals surface area contributed by atoms with E-state index in [1.54, 1.807) is 7.11 Å². The van der Waals surface area contributed by atoms with Gasteiger partial charge in [0.2, 0.25) is 0 Å². The Bertz CT molecular complexity index is 593. The Labute approximate surface area is 121 Å². The normalized spacial score (nSPS) is 10.8. The second kappa shape index (κ2) is 5.75. The predicted molar refractivity (Wildman–Crippen MR) is 78.5 cm³/mol. The Morgan fingerprint density at radius 1 is 1.32 bits per heavy atom. The van der Waals surface area contributed by atoms with Crippen LogP contribution in [0.1, 0.15) is 17.0 Å². The molecule has 0 aliphatic carbocycles. The highest BCUT2D eigenvalue weighted by molar-refractivity contribution is 9.10. The molecule has 0 bridgehead atoms. The van der Waals surface area contributed by atoms with Gasteiger partial charge in [0.25, 0.3) is 0 Å².